The van der Waals surface area contributed by atoms with Crippen LogP contribution in [0.4, 0.5) is 0 Å². The summed E-state index contributed by atoms with van der Waals surface area (Å²) in [5, 5.41) is 10.0. The van der Waals surface area contributed by atoms with Gasteiger partial charge in [0.25, 0.3) is 0 Å². The molecule has 0 aromatic rings. The van der Waals surface area contributed by atoms with E-state index in [1.807, 2.05) is 0 Å². The smallest absolute Gasteiger partial charge is 0.306 e. The highest BCUT2D eigenvalue weighted by atomic mass is 35.5. The molecule has 0 amide bonds. The third-order valence-electron chi connectivity index (χ3n) is 6.48. The Hall–Kier alpha value is -0.320. The lowest BCUT2D eigenvalue weighted by atomic mass is 9.49. The van der Waals surface area contributed by atoms with Crippen molar-refractivity contribution < 1.29 is 14.6 Å². The van der Waals surface area contributed by atoms with Gasteiger partial charge in [-0.3, -0.25) is 4.79 Å². The first-order valence-electron chi connectivity index (χ1n) is 9.58. The minimum atomic E-state index is -0.574. The van der Waals surface area contributed by atoms with E-state index in [-0.39, 0.29) is 30.4 Å². The van der Waals surface area contributed by atoms with E-state index in [2.05, 4.69) is 18.7 Å². The Morgan fingerprint density at radius 1 is 1.12 bits per heavy atom. The molecule has 1 unspecified atom stereocenters. The summed E-state index contributed by atoms with van der Waals surface area (Å²) in [7, 11) is 0. The number of esters is 1. The molecular formula is C19H34ClNO3. The molecule has 4 aliphatic carbocycles. The molecule has 0 aromatic carbocycles. The fourth-order valence-electron chi connectivity index (χ4n) is 5.89. The van der Waals surface area contributed by atoms with E-state index < -0.39 is 6.10 Å². The van der Waals surface area contributed by atoms with Gasteiger partial charge in [-0.25, -0.2) is 0 Å². The van der Waals surface area contributed by atoms with Crippen LogP contribution >= 0.6 is 12.4 Å². The van der Waals surface area contributed by atoms with Crippen molar-refractivity contribution in [3.63, 3.8) is 0 Å². The molecular weight excluding hydrogens is 326 g/mol. The molecule has 0 radical (unpaired) electrons. The number of ether oxygens (including phenoxy) is 1. The average Bonchev–Trinajstić information content (AvgIpc) is 2.48. The number of aliphatic hydroxyl groups is 1. The molecule has 24 heavy (non-hydrogen) atoms. The lowest BCUT2D eigenvalue weighted by Gasteiger charge is -2.56. The molecule has 1 N–H and O–H groups in total. The van der Waals surface area contributed by atoms with Gasteiger partial charge in [0, 0.05) is 6.54 Å². The number of rotatable bonds is 8. The third kappa shape index (κ3) is 4.64. The van der Waals surface area contributed by atoms with Gasteiger partial charge in [-0.1, -0.05) is 13.8 Å². The van der Waals surface area contributed by atoms with Crippen molar-refractivity contribution in [3.05, 3.63) is 0 Å². The van der Waals surface area contributed by atoms with Gasteiger partial charge in [-0.05, 0) is 74.8 Å². The zero-order valence-corrected chi connectivity index (χ0v) is 16.0. The van der Waals surface area contributed by atoms with E-state index in [0.717, 1.165) is 30.8 Å². The van der Waals surface area contributed by atoms with E-state index in [1.165, 1.54) is 38.5 Å². The largest absolute Gasteiger partial charge is 0.463 e. The van der Waals surface area contributed by atoms with Gasteiger partial charge in [-0.15, -0.1) is 12.4 Å². The van der Waals surface area contributed by atoms with Gasteiger partial charge < -0.3 is 14.7 Å². The van der Waals surface area contributed by atoms with Crippen LogP contribution in [0.25, 0.3) is 0 Å². The van der Waals surface area contributed by atoms with Crippen LogP contribution in [0, 0.1) is 23.2 Å². The summed E-state index contributed by atoms with van der Waals surface area (Å²) in [6.45, 7) is 6.70. The fourth-order valence-corrected chi connectivity index (χ4v) is 5.89. The summed E-state index contributed by atoms with van der Waals surface area (Å²) in [5.41, 5.74) is 0.232. The lowest BCUT2D eigenvalue weighted by Crippen LogP contribution is -2.47. The molecule has 0 spiro atoms. The molecule has 140 valence electrons. The van der Waals surface area contributed by atoms with Crippen LogP contribution in [0.2, 0.25) is 0 Å². The summed E-state index contributed by atoms with van der Waals surface area (Å²) >= 11 is 0. The molecule has 4 fully saturated rings. The van der Waals surface area contributed by atoms with E-state index in [4.69, 9.17) is 4.74 Å². The number of hydrogen-bond donors (Lipinski definition) is 1. The predicted molar refractivity (Wildman–Crippen MR) is 97.2 cm³/mol. The van der Waals surface area contributed by atoms with Gasteiger partial charge in [0.2, 0.25) is 0 Å². The Kier molecular flexibility index (Phi) is 6.98. The van der Waals surface area contributed by atoms with Gasteiger partial charge >= 0.3 is 5.97 Å². The lowest BCUT2D eigenvalue weighted by molar-refractivity contribution is -0.155. The van der Waals surface area contributed by atoms with Crippen LogP contribution in [0.15, 0.2) is 0 Å². The molecule has 4 saturated carbocycles. The van der Waals surface area contributed by atoms with Crippen LogP contribution in [0.1, 0.15) is 58.8 Å². The van der Waals surface area contributed by atoms with Crippen molar-refractivity contribution in [2.24, 2.45) is 23.2 Å². The average molecular weight is 360 g/mol. The minimum absolute atomic E-state index is 0. The Morgan fingerprint density at radius 2 is 1.62 bits per heavy atom. The second-order valence-electron chi connectivity index (χ2n) is 8.42. The first-order chi connectivity index (χ1) is 11.0. The number of aliphatic hydroxyl groups excluding tert-OH is 1. The van der Waals surface area contributed by atoms with Gasteiger partial charge in [-0.2, -0.15) is 0 Å². The van der Waals surface area contributed by atoms with Crippen molar-refractivity contribution in [2.75, 3.05) is 26.2 Å². The van der Waals surface area contributed by atoms with Gasteiger partial charge in [0.1, 0.15) is 12.7 Å². The number of nitrogens with zero attached hydrogens (tertiary/aromatic N) is 1. The monoisotopic (exact) mass is 359 g/mol. The van der Waals surface area contributed by atoms with Crippen LogP contribution in [0.3, 0.4) is 0 Å². The van der Waals surface area contributed by atoms with E-state index in [9.17, 15) is 9.90 Å². The van der Waals surface area contributed by atoms with E-state index in [1.54, 1.807) is 0 Å². The molecule has 0 heterocycles. The summed E-state index contributed by atoms with van der Waals surface area (Å²) in [6.07, 6.45) is 7.90. The zero-order valence-electron chi connectivity index (χ0n) is 15.2. The maximum absolute atomic E-state index is 12.3. The number of carbonyl (C=O) groups is 1. The van der Waals surface area contributed by atoms with Crippen LogP contribution in [-0.2, 0) is 9.53 Å². The Bertz CT molecular complexity index is 390. The Balaban J connectivity index is 0.00000208. The van der Waals surface area contributed by atoms with E-state index in [0.29, 0.717) is 13.0 Å². The third-order valence-corrected chi connectivity index (χ3v) is 6.48. The molecule has 0 aliphatic heterocycles. The molecule has 4 bridgehead atoms. The second kappa shape index (κ2) is 8.37. The SMILES string of the molecule is CCN(CC)CC(O)COC(=O)CC12CC3CC(CC(C3)C1)C2.Cl. The topological polar surface area (TPSA) is 49.8 Å². The molecule has 0 aromatic heterocycles. The van der Waals surface area contributed by atoms with Gasteiger partial charge in [0.15, 0.2) is 0 Å². The normalized spacial score (nSPS) is 34.9. The maximum Gasteiger partial charge on any atom is 0.306 e. The first-order valence-corrected chi connectivity index (χ1v) is 9.58. The predicted octanol–water partition coefficient (Wildman–Crippen LogP) is 3.26. The second-order valence-corrected chi connectivity index (χ2v) is 8.42. The number of likely N-dealkylation sites (N-methyl/N-ethyl adjacent to an activating group) is 1. The zero-order chi connectivity index (χ0) is 16.4. The van der Waals surface area contributed by atoms with Crippen molar-refractivity contribution in [3.8, 4) is 0 Å². The van der Waals surface area contributed by atoms with Crippen molar-refractivity contribution in [2.45, 2.75) is 64.9 Å². The minimum Gasteiger partial charge on any atom is -0.463 e. The highest BCUT2D eigenvalue weighted by molar-refractivity contribution is 5.85. The van der Waals surface area contributed by atoms with Gasteiger partial charge in [0.05, 0.1) is 6.42 Å². The molecule has 4 rings (SSSR count). The Labute approximate surface area is 152 Å². The number of carbonyl (C=O) groups excluding carboxylic acids is 1. The standard InChI is InChI=1S/C19H33NO3.ClH/c1-3-20(4-2)12-17(21)13-23-18(22)11-19-8-14-5-15(9-19)7-16(6-14)10-19;/h14-17,21H,3-13H2,1-2H3;1H. The van der Waals surface area contributed by atoms with E-state index >= 15 is 0 Å². The molecule has 0 saturated heterocycles. The highest BCUT2D eigenvalue weighted by Gasteiger charge is 2.51. The number of halogens is 1. The molecule has 4 aliphatic rings. The van der Waals surface area contributed by atoms with Crippen molar-refractivity contribution in [1.82, 2.24) is 4.90 Å². The summed E-state index contributed by atoms with van der Waals surface area (Å²) in [4.78, 5) is 14.5. The van der Waals surface area contributed by atoms with Crippen molar-refractivity contribution >= 4 is 18.4 Å². The fraction of sp³-hybridized carbons (Fsp3) is 0.947. The summed E-state index contributed by atoms with van der Waals surface area (Å²) < 4.78 is 5.42. The number of hydrogen-bond acceptors (Lipinski definition) is 4. The molecule has 4 nitrogen and oxygen atoms in total. The summed E-state index contributed by atoms with van der Waals surface area (Å²) in [6, 6.07) is 0. The Morgan fingerprint density at radius 3 is 2.08 bits per heavy atom. The van der Waals surface area contributed by atoms with Crippen molar-refractivity contribution in [1.29, 1.82) is 0 Å². The van der Waals surface area contributed by atoms with Crippen LogP contribution < -0.4 is 0 Å². The van der Waals surface area contributed by atoms with Crippen LogP contribution in [0.5, 0.6) is 0 Å². The summed E-state index contributed by atoms with van der Waals surface area (Å²) in [5.74, 6) is 2.50. The highest BCUT2D eigenvalue weighted by Crippen LogP contribution is 2.61. The molecule has 1 atom stereocenters. The maximum atomic E-state index is 12.3. The molecule has 5 heteroatoms. The van der Waals surface area contributed by atoms with Crippen LogP contribution in [-0.4, -0.2) is 48.3 Å². The quantitative estimate of drug-likeness (QED) is 0.676. The first kappa shape index (κ1) is 20.0.